The molecule has 3 aromatic rings. The van der Waals surface area contributed by atoms with Crippen LogP contribution < -0.4 is 5.32 Å². The summed E-state index contributed by atoms with van der Waals surface area (Å²) in [6.07, 6.45) is 0.722. The van der Waals surface area contributed by atoms with Gasteiger partial charge in [0.15, 0.2) is 0 Å². The molecule has 2 aromatic carbocycles. The van der Waals surface area contributed by atoms with Crippen LogP contribution in [0.25, 0.3) is 22.2 Å². The molecule has 0 fully saturated rings. The summed E-state index contributed by atoms with van der Waals surface area (Å²) in [6, 6.07) is 9.39. The predicted molar refractivity (Wildman–Crippen MR) is 104 cm³/mol. The Balaban J connectivity index is 1.76. The van der Waals surface area contributed by atoms with Crippen molar-refractivity contribution in [3.8, 4) is 11.3 Å². The smallest absolute Gasteiger partial charge is 0.252 e. The number of nitrogens with zero attached hydrogens (tertiary/aromatic N) is 1. The number of rotatable bonds is 1. The first kappa shape index (κ1) is 16.5. The van der Waals surface area contributed by atoms with E-state index in [-0.39, 0.29) is 11.4 Å². The molecule has 0 aliphatic carbocycles. The zero-order chi connectivity index (χ0) is 18.9. The van der Waals surface area contributed by atoms with Gasteiger partial charge in [-0.2, -0.15) is 0 Å². The molecule has 0 unspecified atom stereocenters. The summed E-state index contributed by atoms with van der Waals surface area (Å²) in [5, 5.41) is 3.72. The molecule has 4 nitrogen and oxygen atoms in total. The SMILES string of the molecule is CN1Cc2ccc(-c3[nH]c4cc(F)cc5c4c3CCNC5=O)cc2C1(C)C. The number of aromatic amines is 1. The number of carbonyl (C=O) groups excluding carboxylic acids is 1. The monoisotopic (exact) mass is 363 g/mol. The van der Waals surface area contributed by atoms with E-state index in [1.807, 2.05) is 0 Å². The molecule has 0 spiro atoms. The molecule has 0 radical (unpaired) electrons. The van der Waals surface area contributed by atoms with E-state index in [0.717, 1.165) is 35.2 Å². The first-order chi connectivity index (χ1) is 12.9. The van der Waals surface area contributed by atoms with Gasteiger partial charge in [0, 0.05) is 35.2 Å². The second-order valence-electron chi connectivity index (χ2n) is 8.15. The number of halogens is 1. The third-order valence-corrected chi connectivity index (χ3v) is 6.29. The van der Waals surface area contributed by atoms with Crippen LogP contribution in [0.15, 0.2) is 30.3 Å². The second kappa shape index (κ2) is 5.42. The molecule has 1 amide bonds. The van der Waals surface area contributed by atoms with Crippen molar-refractivity contribution in [1.82, 2.24) is 15.2 Å². The molecule has 3 heterocycles. The van der Waals surface area contributed by atoms with Gasteiger partial charge in [-0.25, -0.2) is 4.39 Å². The predicted octanol–water partition coefficient (Wildman–Crippen LogP) is 3.94. The quantitative estimate of drug-likeness (QED) is 0.688. The largest absolute Gasteiger partial charge is 0.354 e. The lowest BCUT2D eigenvalue weighted by Gasteiger charge is -2.28. The summed E-state index contributed by atoms with van der Waals surface area (Å²) in [4.78, 5) is 18.1. The fourth-order valence-electron chi connectivity index (χ4n) is 4.54. The molecule has 27 heavy (non-hydrogen) atoms. The summed E-state index contributed by atoms with van der Waals surface area (Å²) in [6.45, 7) is 5.96. The molecular formula is C22H22FN3O. The highest BCUT2D eigenvalue weighted by atomic mass is 19.1. The van der Waals surface area contributed by atoms with Gasteiger partial charge in [0.05, 0.1) is 5.56 Å². The molecule has 138 valence electrons. The Morgan fingerprint density at radius 1 is 1.19 bits per heavy atom. The van der Waals surface area contributed by atoms with E-state index in [2.05, 4.69) is 54.3 Å². The van der Waals surface area contributed by atoms with Gasteiger partial charge >= 0.3 is 0 Å². The maximum absolute atomic E-state index is 14.1. The molecule has 2 aliphatic heterocycles. The van der Waals surface area contributed by atoms with Gasteiger partial charge in [0.25, 0.3) is 5.91 Å². The molecule has 2 N–H and O–H groups in total. The number of H-pyrrole nitrogens is 1. The van der Waals surface area contributed by atoms with E-state index in [0.29, 0.717) is 17.6 Å². The summed E-state index contributed by atoms with van der Waals surface area (Å²) in [5.74, 6) is -0.605. The van der Waals surface area contributed by atoms with Crippen molar-refractivity contribution in [2.45, 2.75) is 32.4 Å². The molecule has 2 aliphatic rings. The lowest BCUT2D eigenvalue weighted by Crippen LogP contribution is -2.31. The highest BCUT2D eigenvalue weighted by Crippen LogP contribution is 2.41. The van der Waals surface area contributed by atoms with Gasteiger partial charge in [-0.05, 0) is 67.8 Å². The minimum absolute atomic E-state index is 0.0275. The number of nitrogens with one attached hydrogen (secondary N) is 2. The van der Waals surface area contributed by atoms with Crippen LogP contribution in [0.2, 0.25) is 0 Å². The van der Waals surface area contributed by atoms with Crippen LogP contribution in [0, 0.1) is 5.82 Å². The number of aromatic nitrogens is 1. The minimum atomic E-state index is -0.398. The van der Waals surface area contributed by atoms with Crippen molar-refractivity contribution < 1.29 is 9.18 Å². The van der Waals surface area contributed by atoms with Gasteiger partial charge in [-0.1, -0.05) is 12.1 Å². The number of hydrogen-bond donors (Lipinski definition) is 2. The fourth-order valence-corrected chi connectivity index (χ4v) is 4.54. The van der Waals surface area contributed by atoms with Crippen molar-refractivity contribution >= 4 is 16.8 Å². The van der Waals surface area contributed by atoms with Crippen LogP contribution in [0.4, 0.5) is 4.39 Å². The summed E-state index contributed by atoms with van der Waals surface area (Å²) >= 11 is 0. The Bertz CT molecular complexity index is 1110. The van der Waals surface area contributed by atoms with Gasteiger partial charge in [-0.15, -0.1) is 0 Å². The van der Waals surface area contributed by atoms with Crippen LogP contribution in [-0.2, 0) is 18.5 Å². The highest BCUT2D eigenvalue weighted by molar-refractivity contribution is 6.10. The lowest BCUT2D eigenvalue weighted by molar-refractivity contribution is 0.0957. The maximum Gasteiger partial charge on any atom is 0.252 e. The van der Waals surface area contributed by atoms with E-state index in [4.69, 9.17) is 0 Å². The first-order valence-corrected chi connectivity index (χ1v) is 9.33. The average molecular weight is 363 g/mol. The van der Waals surface area contributed by atoms with E-state index in [9.17, 15) is 9.18 Å². The Morgan fingerprint density at radius 2 is 2.00 bits per heavy atom. The normalized spacial score (nSPS) is 18.4. The van der Waals surface area contributed by atoms with Gasteiger partial charge < -0.3 is 10.3 Å². The lowest BCUT2D eigenvalue weighted by atomic mass is 9.91. The Hall–Kier alpha value is -2.66. The molecule has 5 rings (SSSR count). The molecule has 1 aromatic heterocycles. The van der Waals surface area contributed by atoms with Crippen molar-refractivity contribution in [3.05, 3.63) is 58.4 Å². The van der Waals surface area contributed by atoms with E-state index in [1.54, 1.807) is 0 Å². The first-order valence-electron chi connectivity index (χ1n) is 9.33. The number of fused-ring (bicyclic) bond motifs is 1. The van der Waals surface area contributed by atoms with Gasteiger partial charge in [-0.3, -0.25) is 9.69 Å². The number of amides is 1. The summed E-state index contributed by atoms with van der Waals surface area (Å²) in [5.41, 5.74) is 6.90. The minimum Gasteiger partial charge on any atom is -0.354 e. The standard InChI is InChI=1S/C22H22FN3O/c1-22(2)17-8-12(4-5-13(17)11-26(22)3)20-15-6-7-24-21(27)16-9-14(23)10-18(25-20)19(15)16/h4-5,8-10,25H,6-7,11H2,1-3H3,(H,24,27). The van der Waals surface area contributed by atoms with Crippen molar-refractivity contribution in [3.63, 3.8) is 0 Å². The van der Waals surface area contributed by atoms with Crippen molar-refractivity contribution in [1.29, 1.82) is 0 Å². The Kier molecular flexibility index (Phi) is 3.32. The van der Waals surface area contributed by atoms with Crippen LogP contribution in [0.1, 0.15) is 40.9 Å². The third kappa shape index (κ3) is 2.28. The number of hydrogen-bond acceptors (Lipinski definition) is 2. The third-order valence-electron chi connectivity index (χ3n) is 6.29. The molecule has 5 heteroatoms. The van der Waals surface area contributed by atoms with Crippen LogP contribution in [-0.4, -0.2) is 29.4 Å². The Morgan fingerprint density at radius 3 is 2.81 bits per heavy atom. The molecule has 0 atom stereocenters. The average Bonchev–Trinajstić information content (AvgIpc) is 3.02. The van der Waals surface area contributed by atoms with Crippen LogP contribution >= 0.6 is 0 Å². The molecular weight excluding hydrogens is 341 g/mol. The molecule has 0 saturated carbocycles. The molecule has 0 saturated heterocycles. The molecule has 0 bridgehead atoms. The Labute approximate surface area is 157 Å². The second-order valence-corrected chi connectivity index (χ2v) is 8.15. The number of carbonyl (C=O) groups is 1. The highest BCUT2D eigenvalue weighted by Gasteiger charge is 2.35. The van der Waals surface area contributed by atoms with Crippen molar-refractivity contribution in [2.75, 3.05) is 13.6 Å². The topological polar surface area (TPSA) is 48.1 Å². The van der Waals surface area contributed by atoms with Crippen LogP contribution in [0.3, 0.4) is 0 Å². The van der Waals surface area contributed by atoms with E-state index in [1.165, 1.54) is 23.3 Å². The summed E-state index contributed by atoms with van der Waals surface area (Å²) < 4.78 is 14.1. The van der Waals surface area contributed by atoms with Gasteiger partial charge in [0.1, 0.15) is 5.82 Å². The fraction of sp³-hybridized carbons (Fsp3) is 0.318. The van der Waals surface area contributed by atoms with Crippen molar-refractivity contribution in [2.24, 2.45) is 0 Å². The maximum atomic E-state index is 14.1. The van der Waals surface area contributed by atoms with Gasteiger partial charge in [0.2, 0.25) is 0 Å². The zero-order valence-corrected chi connectivity index (χ0v) is 15.7. The number of benzene rings is 2. The van der Waals surface area contributed by atoms with Crippen LogP contribution in [0.5, 0.6) is 0 Å². The van der Waals surface area contributed by atoms with E-state index >= 15 is 0 Å². The van der Waals surface area contributed by atoms with E-state index < -0.39 is 5.82 Å². The summed E-state index contributed by atoms with van der Waals surface area (Å²) in [7, 11) is 2.14. The zero-order valence-electron chi connectivity index (χ0n) is 15.7.